The summed E-state index contributed by atoms with van der Waals surface area (Å²) in [4.78, 5) is 0. The van der Waals surface area contributed by atoms with Crippen LogP contribution in [0.25, 0.3) is 0 Å². The molecule has 0 amide bonds. The van der Waals surface area contributed by atoms with Crippen molar-refractivity contribution in [2.45, 2.75) is 19.5 Å². The minimum absolute atomic E-state index is 0.0950. The average molecular weight is 300 g/mol. The van der Waals surface area contributed by atoms with Gasteiger partial charge in [0.2, 0.25) is 0 Å². The van der Waals surface area contributed by atoms with Gasteiger partial charge in [-0.3, -0.25) is 0 Å². The fourth-order valence-electron chi connectivity index (χ4n) is 1.16. The van der Waals surface area contributed by atoms with Crippen LogP contribution in [0.2, 0.25) is 5.02 Å². The number of alkyl halides is 3. The molecule has 15 heavy (non-hydrogen) atoms. The molecule has 84 valence electrons. The van der Waals surface area contributed by atoms with Crippen LogP contribution < -0.4 is 4.74 Å². The van der Waals surface area contributed by atoms with Crippen molar-refractivity contribution in [2.24, 2.45) is 0 Å². The molecule has 0 saturated carbocycles. The first kappa shape index (κ1) is 12.7. The Labute approximate surface area is 101 Å². The molecule has 0 aliphatic carbocycles. The van der Waals surface area contributed by atoms with Gasteiger partial charge in [0.1, 0.15) is 5.75 Å². The van der Waals surface area contributed by atoms with Crippen LogP contribution in [0.5, 0.6) is 5.75 Å². The lowest BCUT2D eigenvalue weighted by Gasteiger charge is -2.07. The van der Waals surface area contributed by atoms with E-state index >= 15 is 0 Å². The largest absolute Gasteiger partial charge is 0.435 e. The summed E-state index contributed by atoms with van der Waals surface area (Å²) in [5.74, 6) is 0.0950. The fraction of sp³-hybridized carbons (Fsp3) is 0.400. The monoisotopic (exact) mass is 298 g/mol. The van der Waals surface area contributed by atoms with Crippen LogP contribution in [0.1, 0.15) is 12.0 Å². The van der Waals surface area contributed by atoms with Gasteiger partial charge in [-0.1, -0.05) is 33.6 Å². The zero-order valence-corrected chi connectivity index (χ0v) is 10.2. The molecule has 5 heteroatoms. The van der Waals surface area contributed by atoms with Crippen LogP contribution in [0.3, 0.4) is 0 Å². The molecular formula is C10H10BrClF2O. The summed E-state index contributed by atoms with van der Waals surface area (Å²) in [5, 5.41) is 1.35. The molecule has 0 saturated heterocycles. The third-order valence-corrected chi connectivity index (χ3v) is 2.74. The van der Waals surface area contributed by atoms with Gasteiger partial charge in [0, 0.05) is 10.4 Å². The Kier molecular flexibility index (Phi) is 5.32. The van der Waals surface area contributed by atoms with Crippen LogP contribution in [-0.2, 0) is 6.42 Å². The van der Waals surface area contributed by atoms with E-state index in [4.69, 9.17) is 11.6 Å². The number of hydrogen-bond donors (Lipinski definition) is 0. The molecule has 0 bridgehead atoms. The number of aryl methyl sites for hydroxylation is 1. The highest BCUT2D eigenvalue weighted by molar-refractivity contribution is 9.09. The lowest BCUT2D eigenvalue weighted by molar-refractivity contribution is -0.0498. The normalized spacial score (nSPS) is 10.7. The first-order valence-corrected chi connectivity index (χ1v) is 5.92. The topological polar surface area (TPSA) is 9.23 Å². The summed E-state index contributed by atoms with van der Waals surface area (Å²) < 4.78 is 28.0. The molecule has 0 unspecified atom stereocenters. The second-order valence-electron chi connectivity index (χ2n) is 2.92. The van der Waals surface area contributed by atoms with Crippen molar-refractivity contribution in [2.75, 3.05) is 5.33 Å². The Bertz CT molecular complexity index is 320. The first-order chi connectivity index (χ1) is 7.13. The van der Waals surface area contributed by atoms with Gasteiger partial charge >= 0.3 is 6.61 Å². The lowest BCUT2D eigenvalue weighted by Crippen LogP contribution is -2.02. The van der Waals surface area contributed by atoms with Gasteiger partial charge in [-0.05, 0) is 30.5 Å². The van der Waals surface area contributed by atoms with Crippen molar-refractivity contribution >= 4 is 27.5 Å². The van der Waals surface area contributed by atoms with Gasteiger partial charge < -0.3 is 4.74 Å². The molecule has 0 radical (unpaired) electrons. The molecule has 0 aliphatic rings. The molecule has 0 N–H and O–H groups in total. The maximum atomic E-state index is 11.9. The highest BCUT2D eigenvalue weighted by Crippen LogP contribution is 2.24. The number of rotatable bonds is 5. The zero-order valence-electron chi connectivity index (χ0n) is 7.85. The molecule has 1 aromatic rings. The third kappa shape index (κ3) is 4.34. The van der Waals surface area contributed by atoms with E-state index in [1.165, 1.54) is 12.1 Å². The minimum Gasteiger partial charge on any atom is -0.435 e. The maximum Gasteiger partial charge on any atom is 0.387 e. The summed E-state index contributed by atoms with van der Waals surface area (Å²) in [7, 11) is 0. The molecule has 1 rings (SSSR count). The Morgan fingerprint density at radius 1 is 1.40 bits per heavy atom. The van der Waals surface area contributed by atoms with E-state index in [1.807, 2.05) is 0 Å². The number of ether oxygens (including phenoxy) is 1. The van der Waals surface area contributed by atoms with Crippen molar-refractivity contribution in [3.8, 4) is 5.75 Å². The Balaban J connectivity index is 2.69. The summed E-state index contributed by atoms with van der Waals surface area (Å²) in [5.41, 5.74) is 0.942. The van der Waals surface area contributed by atoms with Crippen molar-refractivity contribution in [3.05, 3.63) is 28.8 Å². The number of benzene rings is 1. The second kappa shape index (κ2) is 6.28. The Hall–Kier alpha value is -0.350. The molecule has 1 aromatic carbocycles. The average Bonchev–Trinajstić information content (AvgIpc) is 2.15. The predicted octanol–water partition coefficient (Wildman–Crippen LogP) is 4.27. The summed E-state index contributed by atoms with van der Waals surface area (Å²) in [6.07, 6.45) is 1.77. The highest BCUT2D eigenvalue weighted by Gasteiger charge is 2.06. The Morgan fingerprint density at radius 2 is 2.13 bits per heavy atom. The summed E-state index contributed by atoms with van der Waals surface area (Å²) in [6.45, 7) is -2.81. The number of halogens is 4. The van der Waals surface area contributed by atoms with E-state index < -0.39 is 6.61 Å². The van der Waals surface area contributed by atoms with Crippen molar-refractivity contribution in [3.63, 3.8) is 0 Å². The number of hydrogen-bond acceptors (Lipinski definition) is 1. The molecule has 0 aromatic heterocycles. The molecule has 0 fully saturated rings. The van der Waals surface area contributed by atoms with E-state index in [9.17, 15) is 8.78 Å². The summed E-state index contributed by atoms with van der Waals surface area (Å²) in [6, 6.07) is 4.63. The second-order valence-corrected chi connectivity index (χ2v) is 4.12. The van der Waals surface area contributed by atoms with Crippen LogP contribution in [0.15, 0.2) is 18.2 Å². The van der Waals surface area contributed by atoms with Crippen molar-refractivity contribution in [1.82, 2.24) is 0 Å². The molecule has 0 heterocycles. The van der Waals surface area contributed by atoms with Crippen LogP contribution in [0.4, 0.5) is 8.78 Å². The first-order valence-electron chi connectivity index (χ1n) is 4.42. The molecule has 0 atom stereocenters. The fourth-order valence-corrected chi connectivity index (χ4v) is 1.71. The highest BCUT2D eigenvalue weighted by atomic mass is 79.9. The third-order valence-electron chi connectivity index (χ3n) is 1.83. The molecule has 1 nitrogen and oxygen atoms in total. The molecule has 0 spiro atoms. The van der Waals surface area contributed by atoms with Crippen molar-refractivity contribution < 1.29 is 13.5 Å². The van der Waals surface area contributed by atoms with Crippen LogP contribution in [-0.4, -0.2) is 11.9 Å². The van der Waals surface area contributed by atoms with Gasteiger partial charge in [0.15, 0.2) is 0 Å². The van der Waals surface area contributed by atoms with Crippen LogP contribution in [0, 0.1) is 0 Å². The van der Waals surface area contributed by atoms with Gasteiger partial charge in [-0.25, -0.2) is 0 Å². The van der Waals surface area contributed by atoms with E-state index in [1.54, 1.807) is 6.07 Å². The van der Waals surface area contributed by atoms with E-state index in [0.717, 1.165) is 23.7 Å². The van der Waals surface area contributed by atoms with Gasteiger partial charge in [-0.2, -0.15) is 8.78 Å². The smallest absolute Gasteiger partial charge is 0.387 e. The van der Waals surface area contributed by atoms with E-state index in [2.05, 4.69) is 20.7 Å². The van der Waals surface area contributed by atoms with E-state index in [0.29, 0.717) is 5.02 Å². The standard InChI is InChI=1S/C10H10BrClF2O/c11-5-1-2-7-3-4-8(6-9(7)12)15-10(13)14/h3-4,6,10H,1-2,5H2. The zero-order chi connectivity index (χ0) is 11.3. The maximum absolute atomic E-state index is 11.9. The van der Waals surface area contributed by atoms with Gasteiger partial charge in [-0.15, -0.1) is 0 Å². The lowest BCUT2D eigenvalue weighted by atomic mass is 10.1. The van der Waals surface area contributed by atoms with E-state index in [-0.39, 0.29) is 5.75 Å². The predicted molar refractivity (Wildman–Crippen MR) is 60.2 cm³/mol. The van der Waals surface area contributed by atoms with Gasteiger partial charge in [0.25, 0.3) is 0 Å². The van der Waals surface area contributed by atoms with Crippen molar-refractivity contribution in [1.29, 1.82) is 0 Å². The molecule has 0 aliphatic heterocycles. The SMILES string of the molecule is FC(F)Oc1ccc(CCCBr)c(Cl)c1. The van der Waals surface area contributed by atoms with Crippen LogP contribution >= 0.6 is 27.5 Å². The minimum atomic E-state index is -2.81. The summed E-state index contributed by atoms with van der Waals surface area (Å²) >= 11 is 9.22. The molecular weight excluding hydrogens is 289 g/mol. The Morgan fingerprint density at radius 3 is 2.67 bits per heavy atom. The van der Waals surface area contributed by atoms with Gasteiger partial charge in [0.05, 0.1) is 0 Å². The quantitative estimate of drug-likeness (QED) is 0.738.